The number of aromatic nitrogens is 1. The molecule has 0 unspecified atom stereocenters. The molecule has 1 amide bonds. The number of nitrogens with two attached hydrogens (primary N) is 1. The quantitative estimate of drug-likeness (QED) is 0.885. The summed E-state index contributed by atoms with van der Waals surface area (Å²) in [7, 11) is -1.56. The molecule has 1 heterocycles. The zero-order valence-electron chi connectivity index (χ0n) is 11.1. The van der Waals surface area contributed by atoms with E-state index in [2.05, 4.69) is 4.72 Å². The van der Waals surface area contributed by atoms with E-state index in [0.29, 0.717) is 22.5 Å². The molecule has 6 nitrogen and oxygen atoms in total. The van der Waals surface area contributed by atoms with Crippen LogP contribution in [0.2, 0.25) is 0 Å². The lowest BCUT2D eigenvalue weighted by Gasteiger charge is -2.09. The number of benzene rings is 1. The maximum atomic E-state index is 11.4. The average Bonchev–Trinajstić information content (AvgIpc) is 2.69. The van der Waals surface area contributed by atoms with Crippen molar-refractivity contribution in [2.24, 2.45) is 12.8 Å². The minimum absolute atomic E-state index is 0.393. The summed E-state index contributed by atoms with van der Waals surface area (Å²) < 4.78 is 26.7. The van der Waals surface area contributed by atoms with E-state index in [0.717, 1.165) is 6.26 Å². The number of anilines is 1. The molecule has 20 heavy (non-hydrogen) atoms. The summed E-state index contributed by atoms with van der Waals surface area (Å²) in [5.74, 6) is -0.526. The van der Waals surface area contributed by atoms with Crippen LogP contribution in [0.5, 0.6) is 0 Å². The third-order valence-corrected chi connectivity index (χ3v) is 3.38. The SMILES string of the molecule is Cn1ccc(C(N)=O)c1-c1cccc(NS(C)(=O)=O)c1. The molecule has 0 saturated carbocycles. The van der Waals surface area contributed by atoms with Crippen LogP contribution in [0.15, 0.2) is 36.5 Å². The van der Waals surface area contributed by atoms with Crippen molar-refractivity contribution in [3.05, 3.63) is 42.1 Å². The number of hydrogen-bond acceptors (Lipinski definition) is 3. The molecule has 0 aliphatic carbocycles. The molecule has 2 rings (SSSR count). The van der Waals surface area contributed by atoms with Crippen LogP contribution >= 0.6 is 0 Å². The van der Waals surface area contributed by atoms with Gasteiger partial charge in [0.05, 0.1) is 17.5 Å². The minimum Gasteiger partial charge on any atom is -0.366 e. The van der Waals surface area contributed by atoms with E-state index >= 15 is 0 Å². The Bertz CT molecular complexity index is 763. The molecule has 106 valence electrons. The third kappa shape index (κ3) is 3.00. The van der Waals surface area contributed by atoms with Crippen molar-refractivity contribution in [3.63, 3.8) is 0 Å². The summed E-state index contributed by atoms with van der Waals surface area (Å²) in [6, 6.07) is 8.42. The van der Waals surface area contributed by atoms with Crippen molar-refractivity contribution in [1.29, 1.82) is 0 Å². The first-order valence-corrected chi connectivity index (χ1v) is 7.70. The molecule has 0 radical (unpaired) electrons. The van der Waals surface area contributed by atoms with E-state index in [1.54, 1.807) is 48.1 Å². The molecule has 2 aromatic rings. The van der Waals surface area contributed by atoms with Crippen molar-refractivity contribution in [3.8, 4) is 11.3 Å². The van der Waals surface area contributed by atoms with Crippen LogP contribution < -0.4 is 10.5 Å². The highest BCUT2D eigenvalue weighted by molar-refractivity contribution is 7.92. The number of carbonyl (C=O) groups excluding carboxylic acids is 1. The summed E-state index contributed by atoms with van der Waals surface area (Å²) in [4.78, 5) is 11.4. The summed E-state index contributed by atoms with van der Waals surface area (Å²) in [5, 5.41) is 0. The van der Waals surface area contributed by atoms with Gasteiger partial charge >= 0.3 is 0 Å². The third-order valence-electron chi connectivity index (χ3n) is 2.78. The van der Waals surface area contributed by atoms with Gasteiger partial charge in [-0.1, -0.05) is 12.1 Å². The summed E-state index contributed by atoms with van der Waals surface area (Å²) in [5.41, 5.74) is 7.52. The molecule has 0 spiro atoms. The van der Waals surface area contributed by atoms with Crippen LogP contribution in [0.3, 0.4) is 0 Å². The summed E-state index contributed by atoms with van der Waals surface area (Å²) in [6.45, 7) is 0. The number of rotatable bonds is 4. The van der Waals surface area contributed by atoms with Gasteiger partial charge in [0.25, 0.3) is 5.91 Å². The molecule has 0 aliphatic rings. The van der Waals surface area contributed by atoms with E-state index in [4.69, 9.17) is 5.73 Å². The number of aryl methyl sites for hydroxylation is 1. The van der Waals surface area contributed by atoms with E-state index in [1.165, 1.54) is 0 Å². The number of nitrogens with one attached hydrogen (secondary N) is 1. The molecular formula is C13H15N3O3S. The highest BCUT2D eigenvalue weighted by atomic mass is 32.2. The Kier molecular flexibility index (Phi) is 3.54. The van der Waals surface area contributed by atoms with E-state index in [1.807, 2.05) is 0 Å². The van der Waals surface area contributed by atoms with Gasteiger partial charge in [-0.3, -0.25) is 9.52 Å². The normalized spacial score (nSPS) is 11.3. The fourth-order valence-corrected chi connectivity index (χ4v) is 2.59. The molecule has 1 aromatic carbocycles. The van der Waals surface area contributed by atoms with E-state index in [-0.39, 0.29) is 0 Å². The topological polar surface area (TPSA) is 94.2 Å². The number of amides is 1. The molecular weight excluding hydrogens is 278 g/mol. The second-order valence-corrected chi connectivity index (χ2v) is 6.26. The number of sulfonamides is 1. The van der Waals surface area contributed by atoms with Crippen LogP contribution in [0.1, 0.15) is 10.4 Å². The van der Waals surface area contributed by atoms with Crippen LogP contribution in [0, 0.1) is 0 Å². The van der Waals surface area contributed by atoms with Gasteiger partial charge in [0, 0.05) is 24.5 Å². The summed E-state index contributed by atoms with van der Waals surface area (Å²) >= 11 is 0. The van der Waals surface area contributed by atoms with Crippen LogP contribution in [-0.2, 0) is 17.1 Å². The molecule has 0 bridgehead atoms. The lowest BCUT2D eigenvalue weighted by molar-refractivity contribution is 0.100. The Balaban J connectivity index is 2.52. The molecule has 7 heteroatoms. The monoisotopic (exact) mass is 293 g/mol. The van der Waals surface area contributed by atoms with Crippen molar-refractivity contribution < 1.29 is 13.2 Å². The number of carbonyl (C=O) groups is 1. The van der Waals surface area contributed by atoms with Gasteiger partial charge in [0.1, 0.15) is 0 Å². The second-order valence-electron chi connectivity index (χ2n) is 4.51. The first kappa shape index (κ1) is 14.1. The predicted molar refractivity (Wildman–Crippen MR) is 77.8 cm³/mol. The highest BCUT2D eigenvalue weighted by Crippen LogP contribution is 2.26. The fraction of sp³-hybridized carbons (Fsp3) is 0.154. The Morgan fingerprint density at radius 2 is 2.00 bits per heavy atom. The first-order chi connectivity index (χ1) is 9.28. The van der Waals surface area contributed by atoms with Crippen LogP contribution in [0.4, 0.5) is 5.69 Å². The largest absolute Gasteiger partial charge is 0.366 e. The van der Waals surface area contributed by atoms with Gasteiger partial charge in [0.2, 0.25) is 10.0 Å². The van der Waals surface area contributed by atoms with Crippen molar-refractivity contribution in [2.75, 3.05) is 11.0 Å². The lowest BCUT2D eigenvalue weighted by atomic mass is 10.1. The minimum atomic E-state index is -3.35. The van der Waals surface area contributed by atoms with Crippen LogP contribution in [-0.4, -0.2) is 25.1 Å². The molecule has 0 fully saturated rings. The van der Waals surface area contributed by atoms with Gasteiger partial charge in [-0.25, -0.2) is 8.42 Å². The predicted octanol–water partition coefficient (Wildman–Crippen LogP) is 1.16. The van der Waals surface area contributed by atoms with Gasteiger partial charge in [0.15, 0.2) is 0 Å². The fourth-order valence-electron chi connectivity index (χ4n) is 2.03. The van der Waals surface area contributed by atoms with Crippen molar-refractivity contribution in [1.82, 2.24) is 4.57 Å². The molecule has 0 atom stereocenters. The van der Waals surface area contributed by atoms with Crippen LogP contribution in [0.25, 0.3) is 11.3 Å². The maximum absolute atomic E-state index is 11.4. The standard InChI is InChI=1S/C13H15N3O3S/c1-16-7-6-11(13(14)17)12(16)9-4-3-5-10(8-9)15-20(2,18)19/h3-8,15H,1-2H3,(H2,14,17). The lowest BCUT2D eigenvalue weighted by Crippen LogP contribution is -2.12. The Morgan fingerprint density at radius 3 is 2.60 bits per heavy atom. The van der Waals surface area contributed by atoms with E-state index < -0.39 is 15.9 Å². The Labute approximate surface area is 117 Å². The van der Waals surface area contributed by atoms with Crippen molar-refractivity contribution in [2.45, 2.75) is 0 Å². The Hall–Kier alpha value is -2.28. The Morgan fingerprint density at radius 1 is 1.30 bits per heavy atom. The molecule has 3 N–H and O–H groups in total. The zero-order chi connectivity index (χ0) is 14.9. The second kappa shape index (κ2) is 5.01. The molecule has 0 aliphatic heterocycles. The number of nitrogens with zero attached hydrogens (tertiary/aromatic N) is 1. The summed E-state index contributed by atoms with van der Waals surface area (Å²) in [6.07, 6.45) is 2.81. The highest BCUT2D eigenvalue weighted by Gasteiger charge is 2.14. The molecule has 1 aromatic heterocycles. The number of primary amides is 1. The van der Waals surface area contributed by atoms with Gasteiger partial charge in [-0.05, 0) is 18.2 Å². The van der Waals surface area contributed by atoms with Gasteiger partial charge in [-0.2, -0.15) is 0 Å². The van der Waals surface area contributed by atoms with Crippen molar-refractivity contribution >= 4 is 21.6 Å². The van der Waals surface area contributed by atoms with Gasteiger partial charge in [-0.15, -0.1) is 0 Å². The maximum Gasteiger partial charge on any atom is 0.250 e. The zero-order valence-corrected chi connectivity index (χ0v) is 11.9. The average molecular weight is 293 g/mol. The van der Waals surface area contributed by atoms with E-state index in [9.17, 15) is 13.2 Å². The smallest absolute Gasteiger partial charge is 0.250 e. The number of hydrogen-bond donors (Lipinski definition) is 2. The van der Waals surface area contributed by atoms with Gasteiger partial charge < -0.3 is 10.3 Å². The molecule has 0 saturated heterocycles. The first-order valence-electron chi connectivity index (χ1n) is 5.81.